The molecular formula is C22H20IrN3-. The molecule has 1 heterocycles. The Hall–Kier alpha value is -2.29. The largest absolute Gasteiger partial charge is 0.261 e. The molecule has 0 spiro atoms. The number of benzene rings is 3. The maximum absolute atomic E-state index is 4.82. The van der Waals surface area contributed by atoms with Crippen LogP contribution in [0.3, 0.4) is 0 Å². The molecule has 0 saturated carbocycles. The van der Waals surface area contributed by atoms with Crippen LogP contribution in [0.5, 0.6) is 0 Å². The summed E-state index contributed by atoms with van der Waals surface area (Å²) in [7, 11) is 0. The molecule has 0 unspecified atom stereocenters. The van der Waals surface area contributed by atoms with Gasteiger partial charge in [0, 0.05) is 26.5 Å². The Balaban J connectivity index is 0.00000196. The predicted molar refractivity (Wildman–Crippen MR) is 102 cm³/mol. The van der Waals surface area contributed by atoms with Crippen molar-refractivity contribution in [1.82, 2.24) is 14.8 Å². The number of nitrogens with zero attached hydrogens (tertiary/aromatic N) is 3. The van der Waals surface area contributed by atoms with E-state index in [4.69, 9.17) is 10.1 Å². The maximum atomic E-state index is 4.82. The molecule has 3 aromatic carbocycles. The average Bonchev–Trinajstić information content (AvgIpc) is 3.06. The van der Waals surface area contributed by atoms with Gasteiger partial charge in [-0.3, -0.25) is 4.98 Å². The van der Waals surface area contributed by atoms with E-state index < -0.39 is 0 Å². The summed E-state index contributed by atoms with van der Waals surface area (Å²) in [4.78, 5) is 4.82. The fraction of sp³-hybridized carbons (Fsp3) is 0.182. The van der Waals surface area contributed by atoms with E-state index in [1.807, 2.05) is 35.0 Å². The number of hydrogen-bond acceptors (Lipinski definition) is 2. The van der Waals surface area contributed by atoms with Gasteiger partial charge in [-0.25, -0.2) is 4.68 Å². The number of fused-ring (bicyclic) bond motifs is 1. The minimum absolute atomic E-state index is 0. The third-order valence-corrected chi connectivity index (χ3v) is 4.41. The third-order valence-electron chi connectivity index (χ3n) is 4.41. The Morgan fingerprint density at radius 2 is 1.73 bits per heavy atom. The standard InChI is InChI=1S/C22H20N3.Ir/c1-3-8-21-23-22(24-25(21)20-12-7-4-9-16(20)2)19-14-13-17-10-5-6-11-18(17)15-19;/h4-7,9-13,15H,3,8H2,1-2H3;/q-1;. The molecule has 1 aromatic heterocycles. The van der Waals surface area contributed by atoms with Gasteiger partial charge in [0.05, 0.1) is 11.5 Å². The van der Waals surface area contributed by atoms with E-state index in [9.17, 15) is 0 Å². The molecule has 3 nitrogen and oxygen atoms in total. The van der Waals surface area contributed by atoms with Gasteiger partial charge in [-0.1, -0.05) is 54.8 Å². The second-order valence-corrected chi connectivity index (χ2v) is 6.28. The topological polar surface area (TPSA) is 30.7 Å². The van der Waals surface area contributed by atoms with Gasteiger partial charge in [0.25, 0.3) is 0 Å². The van der Waals surface area contributed by atoms with Crippen molar-refractivity contribution in [2.45, 2.75) is 26.7 Å². The first-order valence-corrected chi connectivity index (χ1v) is 8.69. The van der Waals surface area contributed by atoms with Crippen molar-refractivity contribution in [2.75, 3.05) is 0 Å². The van der Waals surface area contributed by atoms with E-state index in [1.165, 1.54) is 16.3 Å². The zero-order valence-corrected chi connectivity index (χ0v) is 17.3. The molecule has 0 fully saturated rings. The second-order valence-electron chi connectivity index (χ2n) is 6.28. The first kappa shape index (κ1) is 18.5. The molecular weight excluding hydrogens is 498 g/mol. The van der Waals surface area contributed by atoms with E-state index in [1.54, 1.807) is 0 Å². The number of para-hydroxylation sites is 1. The van der Waals surface area contributed by atoms with Gasteiger partial charge < -0.3 is 0 Å². The fourth-order valence-electron chi connectivity index (χ4n) is 3.09. The van der Waals surface area contributed by atoms with Crippen LogP contribution in [-0.2, 0) is 26.5 Å². The Morgan fingerprint density at radius 1 is 1.00 bits per heavy atom. The van der Waals surface area contributed by atoms with Gasteiger partial charge in [0.1, 0.15) is 5.82 Å². The first-order valence-electron chi connectivity index (χ1n) is 8.69. The van der Waals surface area contributed by atoms with Crippen molar-refractivity contribution in [3.8, 4) is 17.1 Å². The summed E-state index contributed by atoms with van der Waals surface area (Å²) in [6.07, 6.45) is 1.93. The molecule has 4 aromatic rings. The quantitative estimate of drug-likeness (QED) is 0.350. The van der Waals surface area contributed by atoms with Crippen molar-refractivity contribution in [2.24, 2.45) is 0 Å². The predicted octanol–water partition coefficient (Wildman–Crippen LogP) is 5.15. The van der Waals surface area contributed by atoms with Crippen LogP contribution < -0.4 is 0 Å². The monoisotopic (exact) mass is 519 g/mol. The van der Waals surface area contributed by atoms with Crippen LogP contribution in [0, 0.1) is 13.0 Å². The summed E-state index contributed by atoms with van der Waals surface area (Å²) in [5, 5.41) is 7.17. The molecule has 0 aliphatic carbocycles. The molecule has 26 heavy (non-hydrogen) atoms. The summed E-state index contributed by atoms with van der Waals surface area (Å²) >= 11 is 0. The minimum atomic E-state index is 0. The summed E-state index contributed by atoms with van der Waals surface area (Å²) < 4.78 is 1.98. The average molecular weight is 519 g/mol. The molecule has 1 radical (unpaired) electrons. The molecule has 0 aliphatic rings. The zero-order chi connectivity index (χ0) is 17.2. The Labute approximate surface area is 167 Å². The molecule has 4 heteroatoms. The van der Waals surface area contributed by atoms with Crippen molar-refractivity contribution in [3.63, 3.8) is 0 Å². The van der Waals surface area contributed by atoms with E-state index in [0.29, 0.717) is 0 Å². The van der Waals surface area contributed by atoms with Gasteiger partial charge in [-0.15, -0.1) is 29.1 Å². The normalized spacial score (nSPS) is 10.7. The van der Waals surface area contributed by atoms with Crippen LogP contribution in [-0.4, -0.2) is 14.8 Å². The molecule has 0 N–H and O–H groups in total. The van der Waals surface area contributed by atoms with Gasteiger partial charge in [-0.2, -0.15) is 5.10 Å². The number of aromatic nitrogens is 3. The van der Waals surface area contributed by atoms with Gasteiger partial charge in [0.15, 0.2) is 0 Å². The molecule has 0 atom stereocenters. The summed E-state index contributed by atoms with van der Waals surface area (Å²) in [6.45, 7) is 4.27. The van der Waals surface area contributed by atoms with Crippen molar-refractivity contribution in [3.05, 3.63) is 78.1 Å². The van der Waals surface area contributed by atoms with Crippen molar-refractivity contribution < 1.29 is 20.1 Å². The Morgan fingerprint density at radius 3 is 2.50 bits per heavy atom. The molecule has 0 bridgehead atoms. The van der Waals surface area contributed by atoms with E-state index in [0.717, 1.165) is 35.7 Å². The summed E-state index contributed by atoms with van der Waals surface area (Å²) in [6, 6.07) is 24.1. The molecule has 4 rings (SSSR count). The van der Waals surface area contributed by atoms with Crippen molar-refractivity contribution in [1.29, 1.82) is 0 Å². The summed E-state index contributed by atoms with van der Waals surface area (Å²) in [5.74, 6) is 1.73. The van der Waals surface area contributed by atoms with Crippen LogP contribution in [0.25, 0.3) is 27.8 Å². The van der Waals surface area contributed by atoms with Crippen LogP contribution in [0.15, 0.2) is 60.7 Å². The van der Waals surface area contributed by atoms with Crippen LogP contribution in [0.2, 0.25) is 0 Å². The number of aryl methyl sites for hydroxylation is 2. The van der Waals surface area contributed by atoms with Gasteiger partial charge in [0.2, 0.25) is 0 Å². The molecule has 0 aliphatic heterocycles. The van der Waals surface area contributed by atoms with Crippen LogP contribution in [0.4, 0.5) is 0 Å². The second kappa shape index (κ2) is 7.94. The van der Waals surface area contributed by atoms with Gasteiger partial charge in [-0.05, 0) is 25.0 Å². The SMILES string of the molecule is CCCc1nc(-c2[c-]cc3ccccc3c2)nn1-c1ccccc1C.[Ir]. The number of rotatable bonds is 4. The Bertz CT molecular complexity index is 1040. The Kier molecular flexibility index (Phi) is 5.65. The summed E-state index contributed by atoms with van der Waals surface area (Å²) in [5.41, 5.74) is 3.22. The zero-order valence-electron chi connectivity index (χ0n) is 14.9. The third kappa shape index (κ3) is 3.48. The minimum Gasteiger partial charge on any atom is -0.261 e. The van der Waals surface area contributed by atoms with Crippen LogP contribution >= 0.6 is 0 Å². The van der Waals surface area contributed by atoms with Crippen molar-refractivity contribution >= 4 is 10.8 Å². The smallest absolute Gasteiger partial charge is 0.122 e. The fourth-order valence-corrected chi connectivity index (χ4v) is 3.09. The molecule has 0 amide bonds. The number of hydrogen-bond donors (Lipinski definition) is 0. The van der Waals surface area contributed by atoms with Crippen LogP contribution in [0.1, 0.15) is 24.7 Å². The van der Waals surface area contributed by atoms with E-state index >= 15 is 0 Å². The van der Waals surface area contributed by atoms with E-state index in [2.05, 4.69) is 50.2 Å². The van der Waals surface area contributed by atoms with Gasteiger partial charge >= 0.3 is 0 Å². The van der Waals surface area contributed by atoms with E-state index in [-0.39, 0.29) is 20.1 Å². The first-order chi connectivity index (χ1) is 12.3. The molecule has 0 saturated heterocycles. The molecule has 133 valence electrons. The maximum Gasteiger partial charge on any atom is 0.122 e.